The quantitative estimate of drug-likeness (QED) is 0.809. The number of hydrogen-bond donors (Lipinski definition) is 1. The number of para-hydroxylation sites is 2. The van der Waals surface area contributed by atoms with E-state index in [0.717, 1.165) is 29.9 Å². The summed E-state index contributed by atoms with van der Waals surface area (Å²) < 4.78 is 14.1. The lowest BCUT2D eigenvalue weighted by molar-refractivity contribution is 0.616. The van der Waals surface area contributed by atoms with E-state index >= 15 is 0 Å². The molecule has 0 spiro atoms. The molecule has 0 unspecified atom stereocenters. The summed E-state index contributed by atoms with van der Waals surface area (Å²) in [4.78, 5) is 2.18. The molecule has 2 rings (SSSR count). The van der Waals surface area contributed by atoms with E-state index in [-0.39, 0.29) is 5.82 Å². The highest BCUT2D eigenvalue weighted by atomic mass is 79.9. The van der Waals surface area contributed by atoms with Gasteiger partial charge in [-0.3, -0.25) is 0 Å². The normalized spacial score (nSPS) is 10.6. The van der Waals surface area contributed by atoms with Crippen molar-refractivity contribution in [2.45, 2.75) is 19.9 Å². The third-order valence-corrected chi connectivity index (χ3v) is 4.05. The second-order valence-corrected chi connectivity index (χ2v) is 5.49. The van der Waals surface area contributed by atoms with Gasteiger partial charge in [0.25, 0.3) is 0 Å². The molecule has 0 fully saturated rings. The van der Waals surface area contributed by atoms with Gasteiger partial charge >= 0.3 is 0 Å². The Kier molecular flexibility index (Phi) is 5.01. The Balaban J connectivity index is 2.31. The Morgan fingerprint density at radius 2 is 1.90 bits per heavy atom. The van der Waals surface area contributed by atoms with Gasteiger partial charge in [-0.2, -0.15) is 0 Å². The summed E-state index contributed by atoms with van der Waals surface area (Å²) in [6.07, 6.45) is 1.00. The highest BCUT2D eigenvalue weighted by molar-refractivity contribution is 9.10. The second-order valence-electron chi connectivity index (χ2n) is 4.69. The number of rotatable bonds is 5. The van der Waals surface area contributed by atoms with Crippen molar-refractivity contribution in [1.29, 1.82) is 0 Å². The van der Waals surface area contributed by atoms with E-state index in [9.17, 15) is 4.39 Å². The number of halogens is 2. The zero-order valence-electron chi connectivity index (χ0n) is 11.4. The lowest BCUT2D eigenvalue weighted by Gasteiger charge is -2.26. The monoisotopic (exact) mass is 336 g/mol. The molecule has 4 heteroatoms. The van der Waals surface area contributed by atoms with Crippen LogP contribution in [0.5, 0.6) is 0 Å². The number of nitrogens with zero attached hydrogens (tertiary/aromatic N) is 1. The summed E-state index contributed by atoms with van der Waals surface area (Å²) in [7, 11) is 0. The molecule has 0 saturated heterocycles. The molecule has 0 atom stereocenters. The molecule has 0 radical (unpaired) electrons. The second kappa shape index (κ2) is 6.75. The van der Waals surface area contributed by atoms with Gasteiger partial charge in [0, 0.05) is 13.1 Å². The molecule has 0 heterocycles. The van der Waals surface area contributed by atoms with Gasteiger partial charge in [0.2, 0.25) is 0 Å². The number of nitrogens with two attached hydrogens (primary N) is 1. The predicted octanol–water partition coefficient (Wildman–Crippen LogP) is 4.59. The smallest absolute Gasteiger partial charge is 0.137 e. The Labute approximate surface area is 127 Å². The largest absolute Gasteiger partial charge is 0.397 e. The van der Waals surface area contributed by atoms with Crippen molar-refractivity contribution in [3.63, 3.8) is 0 Å². The standard InChI is InChI=1S/C16H18BrFN2/c1-2-10-20(15-9-4-3-8-14(15)19)11-12-6-5-7-13(18)16(12)17/h3-9H,2,10-11,19H2,1H3. The lowest BCUT2D eigenvalue weighted by Crippen LogP contribution is -2.24. The first-order valence-electron chi connectivity index (χ1n) is 6.65. The fourth-order valence-electron chi connectivity index (χ4n) is 2.21. The van der Waals surface area contributed by atoms with Crippen LogP contribution in [0.3, 0.4) is 0 Å². The van der Waals surface area contributed by atoms with Crippen LogP contribution in [0.25, 0.3) is 0 Å². The summed E-state index contributed by atoms with van der Waals surface area (Å²) in [5, 5.41) is 0. The van der Waals surface area contributed by atoms with Crippen molar-refractivity contribution in [1.82, 2.24) is 0 Å². The fraction of sp³-hybridized carbons (Fsp3) is 0.250. The fourth-order valence-corrected chi connectivity index (χ4v) is 2.60. The zero-order chi connectivity index (χ0) is 14.5. The van der Waals surface area contributed by atoms with E-state index in [1.165, 1.54) is 6.07 Å². The molecule has 0 aliphatic rings. The molecule has 0 aliphatic heterocycles. The van der Waals surface area contributed by atoms with E-state index < -0.39 is 0 Å². The highest BCUT2D eigenvalue weighted by Crippen LogP contribution is 2.27. The number of benzene rings is 2. The Morgan fingerprint density at radius 3 is 2.60 bits per heavy atom. The van der Waals surface area contributed by atoms with Gasteiger partial charge in [-0.15, -0.1) is 0 Å². The molecular weight excluding hydrogens is 319 g/mol. The minimum atomic E-state index is -0.236. The molecule has 2 aromatic carbocycles. The van der Waals surface area contributed by atoms with E-state index in [1.54, 1.807) is 6.07 Å². The van der Waals surface area contributed by atoms with Gasteiger partial charge in [0.1, 0.15) is 5.82 Å². The SMILES string of the molecule is CCCN(Cc1cccc(F)c1Br)c1ccccc1N. The maximum Gasteiger partial charge on any atom is 0.137 e. The summed E-state index contributed by atoms with van der Waals surface area (Å²) in [5.41, 5.74) is 8.70. The molecule has 2 nitrogen and oxygen atoms in total. The summed E-state index contributed by atoms with van der Waals surface area (Å²) in [6, 6.07) is 12.9. The topological polar surface area (TPSA) is 29.3 Å². The highest BCUT2D eigenvalue weighted by Gasteiger charge is 2.12. The molecule has 0 amide bonds. The molecule has 106 valence electrons. The minimum absolute atomic E-state index is 0.236. The van der Waals surface area contributed by atoms with Gasteiger partial charge in [0.05, 0.1) is 15.8 Å². The third-order valence-electron chi connectivity index (χ3n) is 3.16. The van der Waals surface area contributed by atoms with Crippen molar-refractivity contribution in [3.8, 4) is 0 Å². The number of anilines is 2. The molecule has 0 aromatic heterocycles. The summed E-state index contributed by atoms with van der Waals surface area (Å²) >= 11 is 3.32. The summed E-state index contributed by atoms with van der Waals surface area (Å²) in [5.74, 6) is -0.236. The van der Waals surface area contributed by atoms with Gasteiger partial charge in [-0.1, -0.05) is 31.2 Å². The zero-order valence-corrected chi connectivity index (χ0v) is 13.0. The van der Waals surface area contributed by atoms with Crippen molar-refractivity contribution < 1.29 is 4.39 Å². The van der Waals surface area contributed by atoms with Crippen LogP contribution in [-0.2, 0) is 6.54 Å². The van der Waals surface area contributed by atoms with Gasteiger partial charge in [0.15, 0.2) is 0 Å². The van der Waals surface area contributed by atoms with E-state index in [4.69, 9.17) is 5.73 Å². The van der Waals surface area contributed by atoms with Gasteiger partial charge < -0.3 is 10.6 Å². The minimum Gasteiger partial charge on any atom is -0.397 e. The number of nitrogen functional groups attached to an aromatic ring is 1. The van der Waals surface area contributed by atoms with Gasteiger partial charge in [-0.25, -0.2) is 4.39 Å². The van der Waals surface area contributed by atoms with Crippen molar-refractivity contribution >= 4 is 27.3 Å². The van der Waals surface area contributed by atoms with Crippen LogP contribution < -0.4 is 10.6 Å². The van der Waals surface area contributed by atoms with Crippen molar-refractivity contribution in [2.75, 3.05) is 17.2 Å². The van der Waals surface area contributed by atoms with E-state index in [2.05, 4.69) is 27.8 Å². The van der Waals surface area contributed by atoms with Crippen LogP contribution >= 0.6 is 15.9 Å². The first-order chi connectivity index (χ1) is 9.63. The predicted molar refractivity (Wildman–Crippen MR) is 86.3 cm³/mol. The lowest BCUT2D eigenvalue weighted by atomic mass is 10.1. The third kappa shape index (κ3) is 3.31. The molecule has 2 aromatic rings. The molecule has 0 aliphatic carbocycles. The molecule has 0 bridgehead atoms. The maximum absolute atomic E-state index is 13.6. The first-order valence-corrected chi connectivity index (χ1v) is 7.45. The Hall–Kier alpha value is -1.55. The number of hydrogen-bond acceptors (Lipinski definition) is 2. The summed E-state index contributed by atoms with van der Waals surface area (Å²) in [6.45, 7) is 3.62. The molecular formula is C16H18BrFN2. The van der Waals surface area contributed by atoms with Crippen LogP contribution in [-0.4, -0.2) is 6.54 Å². The molecule has 2 N–H and O–H groups in total. The van der Waals surface area contributed by atoms with Crippen LogP contribution in [0.2, 0.25) is 0 Å². The Morgan fingerprint density at radius 1 is 1.15 bits per heavy atom. The van der Waals surface area contributed by atoms with Crippen LogP contribution in [0.1, 0.15) is 18.9 Å². The molecule has 0 saturated carbocycles. The van der Waals surface area contributed by atoms with Crippen LogP contribution in [0, 0.1) is 5.82 Å². The Bertz CT molecular complexity index is 586. The van der Waals surface area contributed by atoms with Crippen molar-refractivity contribution in [2.24, 2.45) is 0 Å². The van der Waals surface area contributed by atoms with Gasteiger partial charge in [-0.05, 0) is 46.1 Å². The molecule has 20 heavy (non-hydrogen) atoms. The van der Waals surface area contributed by atoms with Crippen molar-refractivity contribution in [3.05, 3.63) is 58.3 Å². The first kappa shape index (κ1) is 14.9. The average molecular weight is 337 g/mol. The van der Waals surface area contributed by atoms with Crippen LogP contribution in [0.4, 0.5) is 15.8 Å². The van der Waals surface area contributed by atoms with Crippen LogP contribution in [0.15, 0.2) is 46.9 Å². The average Bonchev–Trinajstić information content (AvgIpc) is 2.44. The maximum atomic E-state index is 13.6. The van der Waals surface area contributed by atoms with E-state index in [0.29, 0.717) is 11.0 Å². The van der Waals surface area contributed by atoms with E-state index in [1.807, 2.05) is 30.3 Å².